The van der Waals surface area contributed by atoms with Crippen LogP contribution in [0.25, 0.3) is 6.08 Å². The molecule has 13 heteroatoms. The number of nitro benzene ring substituents is 1. The second kappa shape index (κ2) is 15.4. The number of nitro groups is 1. The molecule has 10 rings (SSSR count). The first-order chi connectivity index (χ1) is 31.1. The van der Waals surface area contributed by atoms with Crippen LogP contribution in [0.2, 0.25) is 0 Å². The van der Waals surface area contributed by atoms with Crippen LogP contribution in [0.5, 0.6) is 5.75 Å². The third kappa shape index (κ3) is 6.45. The molecule has 8 aliphatic rings. The van der Waals surface area contributed by atoms with Crippen molar-refractivity contribution < 1.29 is 29.4 Å². The smallest absolute Gasteiger partial charge is 0.305 e. The van der Waals surface area contributed by atoms with Gasteiger partial charge in [-0.25, -0.2) is 15.0 Å². The number of rotatable bonds is 9. The minimum absolute atomic E-state index is 0.0109. The van der Waals surface area contributed by atoms with Gasteiger partial charge in [-0.3, -0.25) is 14.9 Å². The highest BCUT2D eigenvalue weighted by atomic mass is 16.6. The van der Waals surface area contributed by atoms with E-state index in [-0.39, 0.29) is 48.9 Å². The Morgan fingerprint density at radius 1 is 1.02 bits per heavy atom. The van der Waals surface area contributed by atoms with Crippen molar-refractivity contribution in [3.63, 3.8) is 0 Å². The molecule has 332 valence electrons. The van der Waals surface area contributed by atoms with Crippen molar-refractivity contribution in [3.8, 4) is 5.75 Å². The van der Waals surface area contributed by atoms with Gasteiger partial charge in [-0.05, 0) is 118 Å². The lowest BCUT2D eigenvalue weighted by Gasteiger charge is -2.47. The summed E-state index contributed by atoms with van der Waals surface area (Å²) < 4.78 is 12.9. The predicted octanol–water partition coefficient (Wildman–Crippen LogP) is 9.48. The molecule has 1 fully saturated rings. The Labute approximate surface area is 377 Å². The molecule has 7 heterocycles. The summed E-state index contributed by atoms with van der Waals surface area (Å²) in [5.74, 6) is 0.272. The Hall–Kier alpha value is -6.86. The monoisotopic (exact) mass is 872 g/mol. The summed E-state index contributed by atoms with van der Waals surface area (Å²) in [5.41, 5.74) is 13.8. The van der Waals surface area contributed by atoms with E-state index in [4.69, 9.17) is 24.5 Å². The number of allylic oxidation sites excluding steroid dienone is 11. The van der Waals surface area contributed by atoms with Gasteiger partial charge >= 0.3 is 5.97 Å². The number of aliphatic hydroxyl groups excluding tert-OH is 2. The Balaban J connectivity index is 0.932. The van der Waals surface area contributed by atoms with Gasteiger partial charge in [-0.2, -0.15) is 0 Å². The average molecular weight is 873 g/mol. The molecular formula is C52H52N6O7. The van der Waals surface area contributed by atoms with Crippen LogP contribution in [-0.2, 0) is 14.9 Å². The van der Waals surface area contributed by atoms with Crippen LogP contribution in [0.4, 0.5) is 11.4 Å². The van der Waals surface area contributed by atoms with Crippen LogP contribution in [-0.4, -0.2) is 63.7 Å². The first-order valence-electron chi connectivity index (χ1n) is 22.4. The highest BCUT2D eigenvalue weighted by Gasteiger charge is 2.59. The lowest BCUT2D eigenvalue weighted by molar-refractivity contribution is -0.384. The molecule has 1 saturated heterocycles. The molecular weight excluding hydrogens is 821 g/mol. The van der Waals surface area contributed by atoms with Crippen LogP contribution in [0, 0.1) is 22.0 Å². The highest BCUT2D eigenvalue weighted by molar-refractivity contribution is 6.21. The van der Waals surface area contributed by atoms with Gasteiger partial charge in [-0.15, -0.1) is 0 Å². The maximum absolute atomic E-state index is 13.8. The minimum Gasteiger partial charge on any atom is -0.511 e. The van der Waals surface area contributed by atoms with Crippen molar-refractivity contribution >= 4 is 40.6 Å². The molecule has 13 nitrogen and oxygen atoms in total. The largest absolute Gasteiger partial charge is 0.511 e. The van der Waals surface area contributed by atoms with E-state index < -0.39 is 16.1 Å². The van der Waals surface area contributed by atoms with E-state index in [0.29, 0.717) is 36.4 Å². The van der Waals surface area contributed by atoms with Gasteiger partial charge in [0.2, 0.25) is 5.72 Å². The lowest BCUT2D eigenvalue weighted by Crippen LogP contribution is -2.60. The minimum atomic E-state index is -0.988. The molecule has 7 aliphatic heterocycles. The normalized spacial score (nSPS) is 24.5. The molecule has 0 radical (unpaired) electrons. The molecule has 2 aromatic rings. The first-order valence-corrected chi connectivity index (χ1v) is 22.4. The van der Waals surface area contributed by atoms with Gasteiger partial charge in [0.25, 0.3) is 5.69 Å². The number of esters is 1. The average Bonchev–Trinajstić information content (AvgIpc) is 4.07. The number of ether oxygens (including phenoxy) is 2. The van der Waals surface area contributed by atoms with Gasteiger partial charge in [0.15, 0.2) is 0 Å². The number of aliphatic hydroxyl groups is 2. The Kier molecular flexibility index (Phi) is 9.98. The first kappa shape index (κ1) is 42.1. The quantitative estimate of drug-likeness (QED) is 0.126. The highest BCUT2D eigenvalue weighted by Crippen LogP contribution is 2.55. The lowest BCUT2D eigenvalue weighted by atomic mass is 9.76. The van der Waals surface area contributed by atoms with Crippen LogP contribution in [0.3, 0.4) is 0 Å². The van der Waals surface area contributed by atoms with Gasteiger partial charge in [-0.1, -0.05) is 32.0 Å². The predicted molar refractivity (Wildman–Crippen MR) is 252 cm³/mol. The molecule has 8 bridgehead atoms. The van der Waals surface area contributed by atoms with E-state index in [1.54, 1.807) is 6.07 Å². The summed E-state index contributed by atoms with van der Waals surface area (Å²) in [5, 5.41) is 37.4. The van der Waals surface area contributed by atoms with Gasteiger partial charge in [0.05, 0.1) is 57.7 Å². The van der Waals surface area contributed by atoms with Crippen LogP contribution in [0.1, 0.15) is 85.3 Å². The maximum Gasteiger partial charge on any atom is 0.305 e. The Morgan fingerprint density at radius 3 is 2.51 bits per heavy atom. The fourth-order valence-electron chi connectivity index (χ4n) is 10.9. The zero-order valence-electron chi connectivity index (χ0n) is 37.7. The molecule has 2 aromatic carbocycles. The molecule has 65 heavy (non-hydrogen) atoms. The second-order valence-electron chi connectivity index (χ2n) is 18.4. The third-order valence-electron chi connectivity index (χ3n) is 14.7. The summed E-state index contributed by atoms with van der Waals surface area (Å²) in [6.45, 7) is 14.8. The molecule has 1 unspecified atom stereocenters. The van der Waals surface area contributed by atoms with Crippen molar-refractivity contribution in [3.05, 3.63) is 161 Å². The van der Waals surface area contributed by atoms with Crippen molar-refractivity contribution in [2.45, 2.75) is 85.3 Å². The summed E-state index contributed by atoms with van der Waals surface area (Å²) in [6, 6.07) is 12.7. The molecule has 0 amide bonds. The van der Waals surface area contributed by atoms with Crippen LogP contribution < -0.4 is 15.0 Å². The summed E-state index contributed by atoms with van der Waals surface area (Å²) in [6.07, 6.45) is 11.6. The molecule has 3 atom stereocenters. The number of para-hydroxylation sites is 1. The number of hydrogen-bond donors (Lipinski definition) is 3. The fraction of sp³-hybridized carbons (Fsp3) is 0.346. The van der Waals surface area contributed by atoms with Gasteiger partial charge in [0, 0.05) is 76.2 Å². The zero-order chi connectivity index (χ0) is 45.7. The number of anilines is 1. The topological polar surface area (TPSA) is 171 Å². The number of fused-ring (bicyclic) bond motifs is 7. The maximum atomic E-state index is 13.8. The number of carbonyl (C=O) groups is 1. The number of nitrogens with zero attached hydrogens (tertiary/aromatic N) is 5. The molecule has 1 aliphatic carbocycles. The SMILES string of the molecule is CCC1=C(C)C2=NC1=CC1=C(C)C3=C(O)CC(=C4NC(=CC5=NC(=C2)C(CO)=C5C)[C@@H](C)[C@@H]4CCC(=O)OCCN2c4ccccc4C(C)(C)C24C=Cc2cc([N+](=O)[O-])ccc2O4)C3=N1. The molecule has 0 aromatic heterocycles. The van der Waals surface area contributed by atoms with Gasteiger partial charge in [0.1, 0.15) is 18.1 Å². The van der Waals surface area contributed by atoms with E-state index in [1.807, 2.05) is 62.4 Å². The van der Waals surface area contributed by atoms with Crippen molar-refractivity contribution in [1.29, 1.82) is 0 Å². The Morgan fingerprint density at radius 2 is 1.75 bits per heavy atom. The number of carbonyl (C=O) groups excluding carboxylic acids is 1. The van der Waals surface area contributed by atoms with Crippen LogP contribution in [0.15, 0.2) is 155 Å². The number of hydrogen-bond acceptors (Lipinski definition) is 12. The van der Waals surface area contributed by atoms with E-state index in [2.05, 4.69) is 50.9 Å². The standard InChI is InChI=1S/C52H52N6O7/c1-8-33-27(2)39-24-43-36(26-59)29(4)38(54-43)23-40-28(3)34(49(55-40)35-22-45(60)48-30(5)41(56-50(35)48)25-42(33)53-39)14-16-47(61)64-20-19-57-44-12-10-9-11-37(44)51(6,7)52(57)18-17-31-21-32(58(62)63)13-15-46(31)65-52/h9-13,15,17-18,21,23-25,28,34,55,59-60H,8,14,16,19-20,22,26H2,1-7H3/t28-,34-,52?/m0/s1. The van der Waals surface area contributed by atoms with Crippen LogP contribution >= 0.6 is 0 Å². The van der Waals surface area contributed by atoms with E-state index in [0.717, 1.165) is 96.6 Å². The summed E-state index contributed by atoms with van der Waals surface area (Å²) in [7, 11) is 0. The molecule has 3 N–H and O–H groups in total. The number of aliphatic imine (C=N–C) groups is 3. The number of benzene rings is 2. The molecule has 0 saturated carbocycles. The van der Waals surface area contributed by atoms with Crippen molar-refractivity contribution in [1.82, 2.24) is 5.32 Å². The van der Waals surface area contributed by atoms with Gasteiger partial charge < -0.3 is 29.9 Å². The van der Waals surface area contributed by atoms with Crippen molar-refractivity contribution in [2.75, 3.05) is 24.7 Å². The summed E-state index contributed by atoms with van der Waals surface area (Å²) >= 11 is 0. The summed E-state index contributed by atoms with van der Waals surface area (Å²) in [4.78, 5) is 42.4. The molecule has 1 spiro atoms. The fourth-order valence-corrected chi connectivity index (χ4v) is 10.9. The zero-order valence-corrected chi connectivity index (χ0v) is 37.7. The third-order valence-corrected chi connectivity index (χ3v) is 14.7. The van der Waals surface area contributed by atoms with E-state index in [1.165, 1.54) is 12.1 Å². The Bertz CT molecular complexity index is 2950. The second-order valence-corrected chi connectivity index (χ2v) is 18.4. The van der Waals surface area contributed by atoms with E-state index in [9.17, 15) is 25.1 Å². The van der Waals surface area contributed by atoms with E-state index >= 15 is 0 Å². The van der Waals surface area contributed by atoms with Crippen molar-refractivity contribution in [2.24, 2.45) is 26.8 Å². The number of nitrogens with one attached hydrogen (secondary N) is 1. The number of non-ortho nitro benzene ring substituents is 1.